The van der Waals surface area contributed by atoms with Gasteiger partial charge in [0.1, 0.15) is 0 Å². The third-order valence-electron chi connectivity index (χ3n) is 2.71. The molecule has 28 heavy (non-hydrogen) atoms. The minimum atomic E-state index is -2.29. The number of hydrogen-bond donors (Lipinski definition) is 2. The molecule has 0 saturated heterocycles. The molecular formula is C14H8Cl2Na2O8S2. The van der Waals surface area contributed by atoms with Gasteiger partial charge in [-0.1, -0.05) is 35.3 Å². The van der Waals surface area contributed by atoms with Crippen LogP contribution >= 0.6 is 23.2 Å². The molecule has 2 aromatic carbocycles. The van der Waals surface area contributed by atoms with Gasteiger partial charge in [0.05, 0.1) is 31.8 Å². The molecule has 2 unspecified atom stereocenters. The number of aromatic carboxylic acids is 2. The minimum Gasteiger partial charge on any atom is -0.545 e. The van der Waals surface area contributed by atoms with Crippen molar-refractivity contribution in [3.63, 3.8) is 0 Å². The van der Waals surface area contributed by atoms with Crippen LogP contribution in [-0.4, -0.2) is 29.5 Å². The van der Waals surface area contributed by atoms with Crippen LogP contribution in [0, 0.1) is 0 Å². The quantitative estimate of drug-likeness (QED) is 0.321. The van der Waals surface area contributed by atoms with Gasteiger partial charge in [-0.3, -0.25) is 0 Å². The Labute approximate surface area is 218 Å². The number of carboxylic acids is 2. The fourth-order valence-electron chi connectivity index (χ4n) is 1.53. The van der Waals surface area contributed by atoms with Gasteiger partial charge >= 0.3 is 59.1 Å². The molecule has 0 radical (unpaired) electrons. The van der Waals surface area contributed by atoms with Crippen LogP contribution in [0.25, 0.3) is 0 Å². The van der Waals surface area contributed by atoms with Crippen molar-refractivity contribution in [3.05, 3.63) is 57.6 Å². The monoisotopic (exact) mass is 484 g/mol. The largest absolute Gasteiger partial charge is 1.00 e. The summed E-state index contributed by atoms with van der Waals surface area (Å²) in [4.78, 5) is 20.4. The zero-order valence-electron chi connectivity index (χ0n) is 14.4. The van der Waals surface area contributed by atoms with Crippen LogP contribution < -0.4 is 69.3 Å². The second kappa shape index (κ2) is 14.2. The van der Waals surface area contributed by atoms with Crippen molar-refractivity contribution in [2.45, 2.75) is 9.79 Å². The fourth-order valence-corrected chi connectivity index (χ4v) is 3.08. The average Bonchev–Trinajstić information content (AvgIpc) is 2.55. The molecule has 0 aliphatic carbocycles. The van der Waals surface area contributed by atoms with E-state index in [4.69, 9.17) is 32.3 Å². The molecule has 0 amide bonds. The zero-order valence-corrected chi connectivity index (χ0v) is 21.5. The molecule has 0 heterocycles. The van der Waals surface area contributed by atoms with Gasteiger partial charge in [-0.25, -0.2) is 8.42 Å². The van der Waals surface area contributed by atoms with E-state index >= 15 is 0 Å². The van der Waals surface area contributed by atoms with Gasteiger partial charge in [0.2, 0.25) is 0 Å². The second-order valence-corrected chi connectivity index (χ2v) is 7.05. The van der Waals surface area contributed by atoms with Gasteiger partial charge in [-0.2, -0.15) is 0 Å². The molecule has 0 saturated carbocycles. The van der Waals surface area contributed by atoms with Crippen molar-refractivity contribution >= 4 is 57.3 Å². The van der Waals surface area contributed by atoms with Crippen molar-refractivity contribution < 1.29 is 96.4 Å². The van der Waals surface area contributed by atoms with E-state index in [2.05, 4.69) is 0 Å². The molecule has 2 rings (SSSR count). The Hall–Kier alpha value is 0.180. The number of rotatable bonds is 4. The van der Waals surface area contributed by atoms with E-state index in [1.165, 1.54) is 24.3 Å². The van der Waals surface area contributed by atoms with Crippen molar-refractivity contribution in [1.29, 1.82) is 0 Å². The summed E-state index contributed by atoms with van der Waals surface area (Å²) in [5, 5.41) is 20.8. The molecule has 8 nitrogen and oxygen atoms in total. The van der Waals surface area contributed by atoms with Crippen molar-refractivity contribution in [2.75, 3.05) is 0 Å². The van der Waals surface area contributed by atoms with Crippen LogP contribution in [0.1, 0.15) is 20.7 Å². The topological polar surface area (TPSA) is 155 Å². The molecule has 2 N–H and O–H groups in total. The Kier molecular flexibility index (Phi) is 15.4. The molecule has 0 aliphatic heterocycles. The zero-order chi connectivity index (χ0) is 20.0. The van der Waals surface area contributed by atoms with E-state index in [0.29, 0.717) is 0 Å². The number of carbonyl (C=O) groups excluding carboxylic acids is 2. The standard InChI is InChI=1S/2C7H5ClO4S.2Na/c2*8-5-2-1-4(7(9)10)3-6(5)13(11)12;;/h2*1-3H,(H,9,10)(H,11,12);;/q;;2*+1/p-2. The summed E-state index contributed by atoms with van der Waals surface area (Å²) in [6, 6.07) is 6.88. The molecule has 2 atom stereocenters. The molecule has 0 aromatic heterocycles. The van der Waals surface area contributed by atoms with Crippen molar-refractivity contribution in [1.82, 2.24) is 0 Å². The minimum absolute atomic E-state index is 0. The molecule has 0 bridgehead atoms. The Morgan fingerprint density at radius 1 is 0.750 bits per heavy atom. The van der Waals surface area contributed by atoms with E-state index in [0.717, 1.165) is 12.1 Å². The van der Waals surface area contributed by atoms with Gasteiger partial charge in [0, 0.05) is 0 Å². The summed E-state index contributed by atoms with van der Waals surface area (Å²) in [6.45, 7) is 0. The third-order valence-corrected chi connectivity index (χ3v) is 5.02. The predicted octanol–water partition coefficient (Wildman–Crippen LogP) is -5.42. The molecule has 14 heteroatoms. The summed E-state index contributed by atoms with van der Waals surface area (Å²) in [5.41, 5.74) is -0.358. The Bertz CT molecular complexity index is 837. The van der Waals surface area contributed by atoms with E-state index in [1.807, 2.05) is 0 Å². The van der Waals surface area contributed by atoms with Crippen LogP contribution in [0.4, 0.5) is 0 Å². The van der Waals surface area contributed by atoms with E-state index < -0.39 is 34.1 Å². The Morgan fingerprint density at radius 3 is 1.25 bits per heavy atom. The third kappa shape index (κ3) is 9.33. The molecule has 0 fully saturated rings. The first-order valence-electron chi connectivity index (χ1n) is 6.28. The van der Waals surface area contributed by atoms with Crippen LogP contribution in [0.3, 0.4) is 0 Å². The molecule has 0 aliphatic rings. The predicted molar refractivity (Wildman–Crippen MR) is 89.6 cm³/mol. The van der Waals surface area contributed by atoms with Crippen LogP contribution in [0.15, 0.2) is 46.2 Å². The average molecular weight is 485 g/mol. The number of halogens is 2. The van der Waals surface area contributed by atoms with Gasteiger partial charge in [-0.15, -0.1) is 0 Å². The second-order valence-electron chi connectivity index (χ2n) is 4.36. The summed E-state index contributed by atoms with van der Waals surface area (Å²) < 4.78 is 38.6. The first-order chi connectivity index (χ1) is 12.0. The maximum atomic E-state index is 10.6. The fraction of sp³-hybridized carbons (Fsp3) is 0. The van der Waals surface area contributed by atoms with Gasteiger partial charge in [0.25, 0.3) is 0 Å². The van der Waals surface area contributed by atoms with E-state index in [1.54, 1.807) is 0 Å². The SMILES string of the molecule is O=C([O-])c1ccc(Cl)c(S(=O)O)c1.O=C([O-])c1ccc(Cl)c(S(=O)O)c1.[Na+].[Na+]. The maximum Gasteiger partial charge on any atom is 1.00 e. The normalized spacial score (nSPS) is 11.6. The maximum absolute atomic E-state index is 10.6. The number of carboxylic acid groups (broad SMARTS) is 2. The molecular weight excluding hydrogens is 477 g/mol. The Morgan fingerprint density at radius 2 is 1.04 bits per heavy atom. The first kappa shape index (κ1) is 30.4. The summed E-state index contributed by atoms with van der Waals surface area (Å²) in [5.74, 6) is -2.83. The number of benzene rings is 2. The molecule has 0 spiro atoms. The van der Waals surface area contributed by atoms with Gasteiger partial charge < -0.3 is 28.9 Å². The summed E-state index contributed by atoms with van der Waals surface area (Å²) in [6.07, 6.45) is 0. The van der Waals surface area contributed by atoms with E-state index in [9.17, 15) is 28.2 Å². The van der Waals surface area contributed by atoms with Gasteiger partial charge in [0.15, 0.2) is 22.2 Å². The van der Waals surface area contributed by atoms with Crippen molar-refractivity contribution in [2.24, 2.45) is 0 Å². The van der Waals surface area contributed by atoms with Crippen LogP contribution in [0.5, 0.6) is 0 Å². The smallest absolute Gasteiger partial charge is 0.545 e. The van der Waals surface area contributed by atoms with Crippen molar-refractivity contribution in [3.8, 4) is 0 Å². The summed E-state index contributed by atoms with van der Waals surface area (Å²) in [7, 11) is 0. The first-order valence-corrected chi connectivity index (χ1v) is 9.25. The van der Waals surface area contributed by atoms with Gasteiger partial charge in [-0.05, 0) is 35.4 Å². The summed E-state index contributed by atoms with van der Waals surface area (Å²) >= 11 is 6.48. The molecule has 2 aromatic rings. The van der Waals surface area contributed by atoms with E-state index in [-0.39, 0.29) is 90.1 Å². The number of carbonyl (C=O) groups is 2. The number of hydrogen-bond acceptors (Lipinski definition) is 6. The molecule has 140 valence electrons. The van der Waals surface area contributed by atoms with Crippen LogP contribution in [0.2, 0.25) is 10.0 Å². The Balaban J connectivity index is 0. The van der Waals surface area contributed by atoms with Crippen LogP contribution in [-0.2, 0) is 22.2 Å².